The number of para-hydroxylation sites is 1. The molecule has 2 rings (SSSR count). The molecule has 0 unspecified atom stereocenters. The van der Waals surface area contributed by atoms with Crippen LogP contribution in [0.2, 0.25) is 0 Å². The quantitative estimate of drug-likeness (QED) is 0.925. The lowest BCUT2D eigenvalue weighted by Crippen LogP contribution is -2.48. The van der Waals surface area contributed by atoms with E-state index in [4.69, 9.17) is 9.47 Å². The zero-order valence-electron chi connectivity index (χ0n) is 13.9. The van der Waals surface area contributed by atoms with E-state index in [1.54, 1.807) is 14.2 Å². The number of hydrogen-bond acceptors (Lipinski definition) is 4. The lowest BCUT2D eigenvalue weighted by atomic mass is 9.80. The fraction of sp³-hybridized carbons (Fsp3) is 0.647. The zero-order valence-corrected chi connectivity index (χ0v) is 13.9. The number of piperazine rings is 1. The SMILES string of the molecule is COc1cccc([C@H](N2CCNCC2)C(C)(C)C)c1OC. The second-order valence-corrected chi connectivity index (χ2v) is 6.64. The van der Waals surface area contributed by atoms with Gasteiger partial charge in [0.15, 0.2) is 11.5 Å². The Balaban J connectivity index is 2.46. The van der Waals surface area contributed by atoms with Gasteiger partial charge >= 0.3 is 0 Å². The number of nitrogens with zero attached hydrogens (tertiary/aromatic N) is 1. The minimum absolute atomic E-state index is 0.122. The lowest BCUT2D eigenvalue weighted by molar-refractivity contribution is 0.0838. The van der Waals surface area contributed by atoms with E-state index in [1.165, 1.54) is 5.56 Å². The van der Waals surface area contributed by atoms with E-state index in [0.717, 1.165) is 37.7 Å². The maximum Gasteiger partial charge on any atom is 0.165 e. The van der Waals surface area contributed by atoms with Crippen molar-refractivity contribution in [1.82, 2.24) is 10.2 Å². The molecule has 1 fully saturated rings. The highest BCUT2D eigenvalue weighted by Gasteiger charge is 2.35. The fourth-order valence-corrected chi connectivity index (χ4v) is 3.28. The summed E-state index contributed by atoms with van der Waals surface area (Å²) in [7, 11) is 3.41. The van der Waals surface area contributed by atoms with Crippen molar-refractivity contribution in [2.24, 2.45) is 5.41 Å². The Hall–Kier alpha value is -1.26. The van der Waals surface area contributed by atoms with Gasteiger partial charge in [0.05, 0.1) is 14.2 Å². The van der Waals surface area contributed by atoms with Crippen LogP contribution in [0, 0.1) is 5.41 Å². The van der Waals surface area contributed by atoms with Crippen LogP contribution >= 0.6 is 0 Å². The van der Waals surface area contributed by atoms with Crippen molar-refractivity contribution in [1.29, 1.82) is 0 Å². The van der Waals surface area contributed by atoms with Gasteiger partial charge in [0, 0.05) is 37.8 Å². The number of hydrogen-bond donors (Lipinski definition) is 1. The summed E-state index contributed by atoms with van der Waals surface area (Å²) in [4.78, 5) is 2.55. The zero-order chi connectivity index (χ0) is 15.5. The van der Waals surface area contributed by atoms with E-state index in [0.29, 0.717) is 6.04 Å². The fourth-order valence-electron chi connectivity index (χ4n) is 3.28. The van der Waals surface area contributed by atoms with Crippen LogP contribution in [0.3, 0.4) is 0 Å². The lowest BCUT2D eigenvalue weighted by Gasteiger charge is -2.43. The molecule has 1 aliphatic heterocycles. The molecule has 0 bridgehead atoms. The standard InChI is InChI=1S/C17H28N2O2/c1-17(2,3)16(19-11-9-18-10-12-19)13-7-6-8-14(20-4)15(13)21-5/h6-8,16,18H,9-12H2,1-5H3/t16-/m0/s1. The van der Waals surface area contributed by atoms with Crippen LogP contribution in [-0.2, 0) is 0 Å². The van der Waals surface area contributed by atoms with Crippen LogP contribution < -0.4 is 14.8 Å². The van der Waals surface area contributed by atoms with Gasteiger partial charge in [-0.05, 0) is 11.5 Å². The van der Waals surface area contributed by atoms with Crippen molar-refractivity contribution in [2.45, 2.75) is 26.8 Å². The third-order valence-corrected chi connectivity index (χ3v) is 4.07. The molecule has 0 amide bonds. The van der Waals surface area contributed by atoms with Crippen molar-refractivity contribution in [3.05, 3.63) is 23.8 Å². The highest BCUT2D eigenvalue weighted by Crippen LogP contribution is 2.44. The molecule has 4 nitrogen and oxygen atoms in total. The van der Waals surface area contributed by atoms with Crippen LogP contribution in [0.15, 0.2) is 18.2 Å². The Labute approximate surface area is 128 Å². The minimum atomic E-state index is 0.122. The predicted molar refractivity (Wildman–Crippen MR) is 86.2 cm³/mol. The normalized spacial score (nSPS) is 18.3. The second-order valence-electron chi connectivity index (χ2n) is 6.64. The van der Waals surface area contributed by atoms with Gasteiger partial charge in [0.25, 0.3) is 0 Å². The van der Waals surface area contributed by atoms with Crippen molar-refractivity contribution >= 4 is 0 Å². The number of rotatable bonds is 4. The van der Waals surface area contributed by atoms with Gasteiger partial charge in [0.1, 0.15) is 0 Å². The molecule has 1 N–H and O–H groups in total. The van der Waals surface area contributed by atoms with Gasteiger partial charge in [-0.25, -0.2) is 0 Å². The highest BCUT2D eigenvalue weighted by atomic mass is 16.5. The summed E-state index contributed by atoms with van der Waals surface area (Å²) in [5.74, 6) is 1.66. The summed E-state index contributed by atoms with van der Waals surface area (Å²) in [5, 5.41) is 3.43. The summed E-state index contributed by atoms with van der Waals surface area (Å²) in [6.07, 6.45) is 0. The Bertz CT molecular complexity index is 462. The van der Waals surface area contributed by atoms with Gasteiger partial charge in [-0.2, -0.15) is 0 Å². The van der Waals surface area contributed by atoms with Crippen molar-refractivity contribution in [3.63, 3.8) is 0 Å². The summed E-state index contributed by atoms with van der Waals surface area (Å²) >= 11 is 0. The van der Waals surface area contributed by atoms with Gasteiger partial charge in [-0.1, -0.05) is 32.9 Å². The third kappa shape index (κ3) is 3.50. The molecule has 1 atom stereocenters. The van der Waals surface area contributed by atoms with Crippen molar-refractivity contribution in [2.75, 3.05) is 40.4 Å². The van der Waals surface area contributed by atoms with Crippen LogP contribution in [0.4, 0.5) is 0 Å². The Morgan fingerprint density at radius 2 is 1.76 bits per heavy atom. The maximum atomic E-state index is 5.67. The molecule has 1 aromatic rings. The van der Waals surface area contributed by atoms with Crippen LogP contribution in [0.25, 0.3) is 0 Å². The second kappa shape index (κ2) is 6.67. The van der Waals surface area contributed by atoms with E-state index < -0.39 is 0 Å². The molecule has 4 heteroatoms. The van der Waals surface area contributed by atoms with Crippen molar-refractivity contribution < 1.29 is 9.47 Å². The molecule has 0 aliphatic carbocycles. The number of benzene rings is 1. The highest BCUT2D eigenvalue weighted by molar-refractivity contribution is 5.48. The molecule has 1 saturated heterocycles. The Morgan fingerprint density at radius 1 is 1.10 bits per heavy atom. The first-order valence-electron chi connectivity index (χ1n) is 7.64. The van der Waals surface area contributed by atoms with Crippen LogP contribution in [-0.4, -0.2) is 45.3 Å². The van der Waals surface area contributed by atoms with E-state index in [1.807, 2.05) is 6.07 Å². The molecule has 1 aliphatic rings. The third-order valence-electron chi connectivity index (χ3n) is 4.07. The molecule has 21 heavy (non-hydrogen) atoms. The largest absolute Gasteiger partial charge is 0.493 e. The number of ether oxygens (including phenoxy) is 2. The monoisotopic (exact) mass is 292 g/mol. The van der Waals surface area contributed by atoms with Crippen molar-refractivity contribution in [3.8, 4) is 11.5 Å². The summed E-state index contributed by atoms with van der Waals surface area (Å²) in [5.41, 5.74) is 1.34. The molecular weight excluding hydrogens is 264 g/mol. The summed E-state index contributed by atoms with van der Waals surface area (Å²) < 4.78 is 11.1. The van der Waals surface area contributed by atoms with Gasteiger partial charge < -0.3 is 14.8 Å². The van der Waals surface area contributed by atoms with Crippen LogP contribution in [0.1, 0.15) is 32.4 Å². The smallest absolute Gasteiger partial charge is 0.165 e. The molecular formula is C17H28N2O2. The Kier molecular flexibility index (Phi) is 5.12. The number of nitrogens with one attached hydrogen (secondary N) is 1. The topological polar surface area (TPSA) is 33.7 Å². The first kappa shape index (κ1) is 16.1. The first-order valence-corrected chi connectivity index (χ1v) is 7.64. The summed E-state index contributed by atoms with van der Waals surface area (Å²) in [6.45, 7) is 11.1. The maximum absolute atomic E-state index is 5.67. The Morgan fingerprint density at radius 3 is 2.29 bits per heavy atom. The number of methoxy groups -OCH3 is 2. The van der Waals surface area contributed by atoms with Crippen LogP contribution in [0.5, 0.6) is 11.5 Å². The first-order chi connectivity index (χ1) is 9.99. The molecule has 118 valence electrons. The van der Waals surface area contributed by atoms with E-state index >= 15 is 0 Å². The molecule has 0 aromatic heterocycles. The van der Waals surface area contributed by atoms with E-state index in [9.17, 15) is 0 Å². The van der Waals surface area contributed by atoms with E-state index in [-0.39, 0.29) is 5.41 Å². The average Bonchev–Trinajstić information content (AvgIpc) is 2.46. The predicted octanol–water partition coefficient (Wildman–Crippen LogP) is 2.70. The van der Waals surface area contributed by atoms with Gasteiger partial charge in [-0.15, -0.1) is 0 Å². The summed E-state index contributed by atoms with van der Waals surface area (Å²) in [6, 6.07) is 6.49. The molecule has 0 radical (unpaired) electrons. The molecule has 0 saturated carbocycles. The van der Waals surface area contributed by atoms with E-state index in [2.05, 4.69) is 43.1 Å². The molecule has 0 spiro atoms. The van der Waals surface area contributed by atoms with Gasteiger partial charge in [-0.3, -0.25) is 4.90 Å². The minimum Gasteiger partial charge on any atom is -0.493 e. The average molecular weight is 292 g/mol. The molecule has 1 heterocycles. The molecule has 1 aromatic carbocycles. The van der Waals surface area contributed by atoms with Gasteiger partial charge in [0.2, 0.25) is 0 Å².